The SMILES string of the molecule is CCn1nc(C)c(Br)c1CN[C@H](C)c1ccco1. The topological polar surface area (TPSA) is 43.0 Å². The van der Waals surface area contributed by atoms with E-state index in [2.05, 4.69) is 40.2 Å². The second kappa shape index (κ2) is 5.71. The van der Waals surface area contributed by atoms with Gasteiger partial charge in [-0.05, 0) is 48.8 Å². The van der Waals surface area contributed by atoms with Crippen molar-refractivity contribution in [3.8, 4) is 0 Å². The van der Waals surface area contributed by atoms with Crippen molar-refractivity contribution < 1.29 is 4.42 Å². The molecule has 4 nitrogen and oxygen atoms in total. The van der Waals surface area contributed by atoms with Gasteiger partial charge in [-0.1, -0.05) is 0 Å². The summed E-state index contributed by atoms with van der Waals surface area (Å²) < 4.78 is 8.48. The Morgan fingerprint density at radius 1 is 1.56 bits per heavy atom. The maximum absolute atomic E-state index is 5.38. The van der Waals surface area contributed by atoms with Gasteiger partial charge in [0, 0.05) is 13.1 Å². The lowest BCUT2D eigenvalue weighted by Crippen LogP contribution is -2.20. The molecule has 2 heterocycles. The summed E-state index contributed by atoms with van der Waals surface area (Å²) in [6, 6.07) is 4.08. The lowest BCUT2D eigenvalue weighted by Gasteiger charge is -2.12. The molecule has 18 heavy (non-hydrogen) atoms. The molecule has 1 N–H and O–H groups in total. The van der Waals surface area contributed by atoms with Gasteiger partial charge in [-0.15, -0.1) is 0 Å². The van der Waals surface area contributed by atoms with Gasteiger partial charge in [0.25, 0.3) is 0 Å². The van der Waals surface area contributed by atoms with E-state index in [9.17, 15) is 0 Å². The molecule has 2 aromatic heterocycles. The normalized spacial score (nSPS) is 12.9. The van der Waals surface area contributed by atoms with Crippen molar-refractivity contribution in [3.05, 3.63) is 40.0 Å². The van der Waals surface area contributed by atoms with E-state index >= 15 is 0 Å². The number of hydrogen-bond acceptors (Lipinski definition) is 3. The molecule has 0 unspecified atom stereocenters. The summed E-state index contributed by atoms with van der Waals surface area (Å²) in [6.45, 7) is 7.83. The van der Waals surface area contributed by atoms with E-state index in [1.54, 1.807) is 6.26 Å². The second-order valence-electron chi connectivity index (χ2n) is 4.28. The first-order valence-electron chi connectivity index (χ1n) is 6.12. The Balaban J connectivity index is 2.06. The van der Waals surface area contributed by atoms with Gasteiger partial charge >= 0.3 is 0 Å². The molecule has 0 aromatic carbocycles. The maximum Gasteiger partial charge on any atom is 0.120 e. The predicted molar refractivity (Wildman–Crippen MR) is 74.3 cm³/mol. The summed E-state index contributed by atoms with van der Waals surface area (Å²) in [5.41, 5.74) is 2.20. The Bertz CT molecular complexity index is 505. The average Bonchev–Trinajstić information content (AvgIpc) is 2.97. The van der Waals surface area contributed by atoms with Crippen molar-refractivity contribution in [2.24, 2.45) is 0 Å². The molecule has 0 bridgehead atoms. The molecule has 0 saturated carbocycles. The van der Waals surface area contributed by atoms with Gasteiger partial charge in [-0.25, -0.2) is 0 Å². The van der Waals surface area contributed by atoms with E-state index in [-0.39, 0.29) is 6.04 Å². The van der Waals surface area contributed by atoms with Crippen LogP contribution in [-0.4, -0.2) is 9.78 Å². The fourth-order valence-electron chi connectivity index (χ4n) is 1.93. The highest BCUT2D eigenvalue weighted by atomic mass is 79.9. The number of rotatable bonds is 5. The lowest BCUT2D eigenvalue weighted by atomic mass is 10.2. The molecule has 0 spiro atoms. The summed E-state index contributed by atoms with van der Waals surface area (Å²) in [5.74, 6) is 0.949. The first kappa shape index (κ1) is 13.4. The third-order valence-corrected chi connectivity index (χ3v) is 4.03. The van der Waals surface area contributed by atoms with Gasteiger partial charge in [0.05, 0.1) is 28.2 Å². The van der Waals surface area contributed by atoms with E-state index in [1.165, 1.54) is 5.69 Å². The van der Waals surface area contributed by atoms with Crippen molar-refractivity contribution >= 4 is 15.9 Å². The molecule has 0 aliphatic heterocycles. The van der Waals surface area contributed by atoms with Gasteiger partial charge in [0.1, 0.15) is 5.76 Å². The lowest BCUT2D eigenvalue weighted by molar-refractivity contribution is 0.423. The highest BCUT2D eigenvalue weighted by Crippen LogP contribution is 2.22. The van der Waals surface area contributed by atoms with Crippen LogP contribution in [0.5, 0.6) is 0 Å². The van der Waals surface area contributed by atoms with E-state index in [0.717, 1.165) is 29.0 Å². The van der Waals surface area contributed by atoms with Crippen molar-refractivity contribution in [3.63, 3.8) is 0 Å². The minimum Gasteiger partial charge on any atom is -0.468 e. The van der Waals surface area contributed by atoms with E-state index in [0.29, 0.717) is 0 Å². The number of halogens is 1. The molecule has 5 heteroatoms. The third-order valence-electron chi connectivity index (χ3n) is 3.00. The number of furan rings is 1. The van der Waals surface area contributed by atoms with E-state index in [4.69, 9.17) is 4.42 Å². The third kappa shape index (κ3) is 2.67. The van der Waals surface area contributed by atoms with Crippen LogP contribution in [-0.2, 0) is 13.1 Å². The van der Waals surface area contributed by atoms with Gasteiger partial charge in [-0.2, -0.15) is 5.10 Å². The van der Waals surface area contributed by atoms with Crippen LogP contribution in [0.1, 0.15) is 37.0 Å². The Morgan fingerprint density at radius 2 is 2.33 bits per heavy atom. The van der Waals surface area contributed by atoms with Crippen LogP contribution in [0.2, 0.25) is 0 Å². The molecular formula is C13H18BrN3O. The number of hydrogen-bond donors (Lipinski definition) is 1. The molecule has 0 fully saturated rings. The largest absolute Gasteiger partial charge is 0.468 e. The van der Waals surface area contributed by atoms with Crippen molar-refractivity contribution in [2.75, 3.05) is 0 Å². The molecule has 0 saturated heterocycles. The van der Waals surface area contributed by atoms with Crippen molar-refractivity contribution in [1.82, 2.24) is 15.1 Å². The zero-order chi connectivity index (χ0) is 13.1. The molecule has 0 radical (unpaired) electrons. The maximum atomic E-state index is 5.38. The minimum atomic E-state index is 0.187. The fraction of sp³-hybridized carbons (Fsp3) is 0.462. The zero-order valence-corrected chi connectivity index (χ0v) is 12.5. The van der Waals surface area contributed by atoms with Crippen LogP contribution in [0.3, 0.4) is 0 Å². The number of aromatic nitrogens is 2. The van der Waals surface area contributed by atoms with Crippen molar-refractivity contribution in [2.45, 2.75) is 39.9 Å². The quantitative estimate of drug-likeness (QED) is 0.920. The molecule has 2 aromatic rings. The van der Waals surface area contributed by atoms with Gasteiger partial charge < -0.3 is 9.73 Å². The zero-order valence-electron chi connectivity index (χ0n) is 10.9. The van der Waals surface area contributed by atoms with Gasteiger partial charge in [-0.3, -0.25) is 4.68 Å². The Kier molecular flexibility index (Phi) is 4.24. The number of aryl methyl sites for hydroxylation is 2. The molecule has 1 atom stereocenters. The minimum absolute atomic E-state index is 0.187. The predicted octanol–water partition coefficient (Wildman–Crippen LogP) is 3.42. The van der Waals surface area contributed by atoms with Crippen LogP contribution < -0.4 is 5.32 Å². The summed E-state index contributed by atoms with van der Waals surface area (Å²) in [4.78, 5) is 0. The molecule has 0 aliphatic carbocycles. The van der Waals surface area contributed by atoms with Gasteiger partial charge in [0.15, 0.2) is 0 Å². The second-order valence-corrected chi connectivity index (χ2v) is 5.07. The van der Waals surface area contributed by atoms with Crippen LogP contribution in [0, 0.1) is 6.92 Å². The molecular weight excluding hydrogens is 294 g/mol. The van der Waals surface area contributed by atoms with E-state index in [1.807, 2.05) is 23.7 Å². The Morgan fingerprint density at radius 3 is 2.94 bits per heavy atom. The molecule has 0 amide bonds. The molecule has 98 valence electrons. The summed E-state index contributed by atoms with van der Waals surface area (Å²) in [7, 11) is 0. The summed E-state index contributed by atoms with van der Waals surface area (Å²) >= 11 is 3.59. The number of nitrogens with zero attached hydrogens (tertiary/aromatic N) is 2. The Labute approximate surface area is 115 Å². The standard InChI is InChI=1S/C13H18BrN3O/c1-4-17-11(13(14)10(3)16-17)8-15-9(2)12-6-5-7-18-12/h5-7,9,15H,4,8H2,1-3H3/t9-/m1/s1. The smallest absolute Gasteiger partial charge is 0.120 e. The van der Waals surface area contributed by atoms with Gasteiger partial charge in [0.2, 0.25) is 0 Å². The molecule has 2 rings (SSSR count). The fourth-order valence-corrected chi connectivity index (χ4v) is 2.35. The van der Waals surface area contributed by atoms with E-state index < -0.39 is 0 Å². The van der Waals surface area contributed by atoms with Crippen LogP contribution in [0.4, 0.5) is 0 Å². The van der Waals surface area contributed by atoms with Crippen molar-refractivity contribution in [1.29, 1.82) is 0 Å². The average molecular weight is 312 g/mol. The van der Waals surface area contributed by atoms with Crippen LogP contribution in [0.25, 0.3) is 0 Å². The van der Waals surface area contributed by atoms with Crippen LogP contribution in [0.15, 0.2) is 27.3 Å². The summed E-state index contributed by atoms with van der Waals surface area (Å²) in [5, 5.41) is 7.92. The summed E-state index contributed by atoms with van der Waals surface area (Å²) in [6.07, 6.45) is 1.70. The molecule has 0 aliphatic rings. The Hall–Kier alpha value is -1.07. The highest BCUT2D eigenvalue weighted by molar-refractivity contribution is 9.10. The number of nitrogens with one attached hydrogen (secondary N) is 1. The first-order chi connectivity index (χ1) is 8.63. The monoisotopic (exact) mass is 311 g/mol. The first-order valence-corrected chi connectivity index (χ1v) is 6.91. The van der Waals surface area contributed by atoms with Crippen LogP contribution >= 0.6 is 15.9 Å². The highest BCUT2D eigenvalue weighted by Gasteiger charge is 2.14.